The monoisotopic (exact) mass is 301 g/mol. The lowest BCUT2D eigenvalue weighted by Gasteiger charge is -2.25. The van der Waals surface area contributed by atoms with Gasteiger partial charge in [-0.1, -0.05) is 0 Å². The summed E-state index contributed by atoms with van der Waals surface area (Å²) in [5, 5.41) is 0. The fourth-order valence-electron chi connectivity index (χ4n) is 2.68. The van der Waals surface area contributed by atoms with E-state index in [0.717, 1.165) is 11.1 Å². The summed E-state index contributed by atoms with van der Waals surface area (Å²) in [6, 6.07) is 2.93. The molecular formula is C16H16FN3O2. The molecule has 3 heterocycles. The van der Waals surface area contributed by atoms with E-state index in [9.17, 15) is 9.18 Å². The van der Waals surface area contributed by atoms with E-state index in [2.05, 4.69) is 9.97 Å². The normalized spacial score (nSPS) is 17.1. The fourth-order valence-corrected chi connectivity index (χ4v) is 2.68. The topological polar surface area (TPSA) is 78.1 Å². The Hall–Kier alpha value is -2.34. The number of carbonyl (C=O) groups is 1. The molecule has 2 aromatic rings. The number of aromatic nitrogens is 2. The first-order chi connectivity index (χ1) is 10.5. The molecule has 2 aromatic heterocycles. The van der Waals surface area contributed by atoms with Gasteiger partial charge in [0.2, 0.25) is 0 Å². The number of amides is 1. The number of aryl methyl sites for hydroxylation is 1. The molecule has 0 fully saturated rings. The highest BCUT2D eigenvalue weighted by atomic mass is 19.1. The van der Waals surface area contributed by atoms with Gasteiger partial charge in [0.05, 0.1) is 18.4 Å². The van der Waals surface area contributed by atoms with Crippen molar-refractivity contribution >= 4 is 5.91 Å². The van der Waals surface area contributed by atoms with Crippen molar-refractivity contribution in [1.82, 2.24) is 9.97 Å². The SMILES string of the molecule is Cc1cnc(-c2cc(C(N)=O)nc3c2CCO[C@@H]3C)c(F)c1. The smallest absolute Gasteiger partial charge is 0.267 e. The molecule has 0 radical (unpaired) electrons. The van der Waals surface area contributed by atoms with Crippen molar-refractivity contribution in [3.63, 3.8) is 0 Å². The van der Waals surface area contributed by atoms with Gasteiger partial charge in [0.15, 0.2) is 0 Å². The van der Waals surface area contributed by atoms with E-state index in [-0.39, 0.29) is 17.5 Å². The van der Waals surface area contributed by atoms with Gasteiger partial charge in [-0.2, -0.15) is 0 Å². The minimum atomic E-state index is -0.658. The van der Waals surface area contributed by atoms with Crippen LogP contribution < -0.4 is 5.73 Å². The van der Waals surface area contributed by atoms with Gasteiger partial charge < -0.3 is 10.5 Å². The molecule has 1 amide bonds. The molecule has 0 spiro atoms. The number of fused-ring (bicyclic) bond motifs is 1. The maximum Gasteiger partial charge on any atom is 0.267 e. The van der Waals surface area contributed by atoms with Crippen molar-refractivity contribution in [3.05, 3.63) is 46.7 Å². The third kappa shape index (κ3) is 2.46. The molecule has 0 bridgehead atoms. The Morgan fingerprint density at radius 1 is 1.45 bits per heavy atom. The number of primary amides is 1. The molecule has 0 saturated carbocycles. The summed E-state index contributed by atoms with van der Waals surface area (Å²) in [6.45, 7) is 4.14. The van der Waals surface area contributed by atoms with Crippen LogP contribution in [0.15, 0.2) is 18.3 Å². The maximum atomic E-state index is 14.3. The molecule has 1 aliphatic heterocycles. The van der Waals surface area contributed by atoms with Crippen LogP contribution >= 0.6 is 0 Å². The predicted octanol–water partition coefficient (Wildman–Crippen LogP) is 2.32. The third-order valence-corrected chi connectivity index (χ3v) is 3.75. The summed E-state index contributed by atoms with van der Waals surface area (Å²) in [5.41, 5.74) is 8.42. The largest absolute Gasteiger partial charge is 0.372 e. The van der Waals surface area contributed by atoms with Crippen molar-refractivity contribution in [2.75, 3.05) is 6.61 Å². The predicted molar refractivity (Wildman–Crippen MR) is 78.8 cm³/mol. The lowest BCUT2D eigenvalue weighted by atomic mass is 9.95. The van der Waals surface area contributed by atoms with Crippen molar-refractivity contribution in [2.45, 2.75) is 26.4 Å². The highest BCUT2D eigenvalue weighted by Gasteiger charge is 2.25. The van der Waals surface area contributed by atoms with Crippen molar-refractivity contribution in [1.29, 1.82) is 0 Å². The summed E-state index contributed by atoms with van der Waals surface area (Å²) in [6.07, 6.45) is 1.92. The van der Waals surface area contributed by atoms with Crippen LogP contribution in [0.2, 0.25) is 0 Å². The molecule has 5 nitrogen and oxygen atoms in total. The van der Waals surface area contributed by atoms with Crippen LogP contribution in [0.5, 0.6) is 0 Å². The van der Waals surface area contributed by atoms with Crippen LogP contribution in [0.1, 0.15) is 40.3 Å². The molecule has 114 valence electrons. The Morgan fingerprint density at radius 2 is 2.23 bits per heavy atom. The number of ether oxygens (including phenoxy) is 1. The van der Waals surface area contributed by atoms with E-state index in [1.54, 1.807) is 13.1 Å². The first kappa shape index (κ1) is 14.6. The number of rotatable bonds is 2. The second-order valence-corrected chi connectivity index (χ2v) is 5.39. The van der Waals surface area contributed by atoms with E-state index in [1.807, 2.05) is 6.92 Å². The maximum absolute atomic E-state index is 14.3. The highest BCUT2D eigenvalue weighted by molar-refractivity contribution is 5.92. The van der Waals surface area contributed by atoms with Gasteiger partial charge in [-0.15, -0.1) is 0 Å². The van der Waals surface area contributed by atoms with E-state index < -0.39 is 11.7 Å². The van der Waals surface area contributed by atoms with Crippen LogP contribution in [0.3, 0.4) is 0 Å². The van der Waals surface area contributed by atoms with Crippen molar-refractivity contribution in [3.8, 4) is 11.3 Å². The lowest BCUT2D eigenvalue weighted by Crippen LogP contribution is -2.21. The van der Waals surface area contributed by atoms with E-state index >= 15 is 0 Å². The molecule has 22 heavy (non-hydrogen) atoms. The summed E-state index contributed by atoms with van der Waals surface area (Å²) in [4.78, 5) is 20.0. The first-order valence-corrected chi connectivity index (χ1v) is 7.05. The molecule has 2 N–H and O–H groups in total. The molecule has 0 aromatic carbocycles. The summed E-state index contributed by atoms with van der Waals surface area (Å²) in [7, 11) is 0. The summed E-state index contributed by atoms with van der Waals surface area (Å²) >= 11 is 0. The summed E-state index contributed by atoms with van der Waals surface area (Å²) in [5.74, 6) is -1.09. The average molecular weight is 301 g/mol. The first-order valence-electron chi connectivity index (χ1n) is 7.05. The zero-order valence-corrected chi connectivity index (χ0v) is 12.4. The van der Waals surface area contributed by atoms with Gasteiger partial charge in [0.1, 0.15) is 17.2 Å². The number of hydrogen-bond acceptors (Lipinski definition) is 4. The zero-order chi connectivity index (χ0) is 15.9. The average Bonchev–Trinajstić information content (AvgIpc) is 2.47. The Kier molecular flexibility index (Phi) is 3.62. The zero-order valence-electron chi connectivity index (χ0n) is 12.4. The number of pyridine rings is 2. The Labute approximate surface area is 127 Å². The van der Waals surface area contributed by atoms with Gasteiger partial charge in [-0.05, 0) is 43.5 Å². The number of carbonyl (C=O) groups excluding carboxylic acids is 1. The van der Waals surface area contributed by atoms with Gasteiger partial charge in [-0.25, -0.2) is 9.37 Å². The molecule has 0 saturated heterocycles. The van der Waals surface area contributed by atoms with E-state index in [4.69, 9.17) is 10.5 Å². The third-order valence-electron chi connectivity index (χ3n) is 3.75. The molecule has 0 unspecified atom stereocenters. The van der Waals surface area contributed by atoms with Crippen LogP contribution in [0, 0.1) is 12.7 Å². The second-order valence-electron chi connectivity index (χ2n) is 5.39. The van der Waals surface area contributed by atoms with Gasteiger partial charge >= 0.3 is 0 Å². The molecule has 3 rings (SSSR count). The molecule has 6 heteroatoms. The number of halogens is 1. The van der Waals surface area contributed by atoms with Crippen molar-refractivity contribution in [2.24, 2.45) is 5.73 Å². The number of nitrogens with two attached hydrogens (primary N) is 1. The van der Waals surface area contributed by atoms with Crippen molar-refractivity contribution < 1.29 is 13.9 Å². The van der Waals surface area contributed by atoms with Crippen LogP contribution in [0.4, 0.5) is 4.39 Å². The quantitative estimate of drug-likeness (QED) is 0.923. The Balaban J connectivity index is 2.27. The van der Waals surface area contributed by atoms with Crippen LogP contribution in [0.25, 0.3) is 11.3 Å². The highest BCUT2D eigenvalue weighted by Crippen LogP contribution is 2.34. The van der Waals surface area contributed by atoms with Gasteiger partial charge in [-0.3, -0.25) is 9.78 Å². The number of nitrogens with zero attached hydrogens (tertiary/aromatic N) is 2. The standard InChI is InChI=1S/C16H16FN3O2/c1-8-5-12(17)15(19-7-8)11-6-13(16(18)21)20-14-9(2)22-4-3-10(11)14/h5-7,9H,3-4H2,1-2H3,(H2,18,21)/t9-/m1/s1. The van der Waals surface area contributed by atoms with E-state index in [0.29, 0.717) is 24.3 Å². The number of hydrogen-bond donors (Lipinski definition) is 1. The summed E-state index contributed by atoms with van der Waals surface area (Å²) < 4.78 is 19.9. The van der Waals surface area contributed by atoms with E-state index in [1.165, 1.54) is 12.1 Å². The second kappa shape index (κ2) is 5.46. The molecule has 1 atom stereocenters. The van der Waals surface area contributed by atoms with Gasteiger partial charge in [0, 0.05) is 11.8 Å². The fraction of sp³-hybridized carbons (Fsp3) is 0.312. The lowest BCUT2D eigenvalue weighted by molar-refractivity contribution is 0.0520. The molecule has 1 aliphatic rings. The molecular weight excluding hydrogens is 285 g/mol. The molecule has 0 aliphatic carbocycles. The Morgan fingerprint density at radius 3 is 2.91 bits per heavy atom. The van der Waals surface area contributed by atoms with Crippen LogP contribution in [-0.2, 0) is 11.2 Å². The minimum absolute atomic E-state index is 0.0906. The van der Waals surface area contributed by atoms with Crippen LogP contribution in [-0.4, -0.2) is 22.5 Å². The van der Waals surface area contributed by atoms with Gasteiger partial charge in [0.25, 0.3) is 5.91 Å². The Bertz CT molecular complexity index is 761. The minimum Gasteiger partial charge on any atom is -0.372 e.